The average molecular weight is 488 g/mol. The van der Waals surface area contributed by atoms with Gasteiger partial charge in [-0.3, -0.25) is 0 Å². The first-order valence-corrected chi connectivity index (χ1v) is 10.7. The Balaban J connectivity index is 0.00000196. The molecule has 0 radical (unpaired) electrons. The highest BCUT2D eigenvalue weighted by Gasteiger charge is 2.24. The summed E-state index contributed by atoms with van der Waals surface area (Å²) in [5, 5.41) is 7.60. The van der Waals surface area contributed by atoms with E-state index in [1.54, 1.807) is 0 Å². The minimum absolute atomic E-state index is 0. The predicted molar refractivity (Wildman–Crippen MR) is 129 cm³/mol. The van der Waals surface area contributed by atoms with Crippen LogP contribution < -0.4 is 10.6 Å². The van der Waals surface area contributed by atoms with Gasteiger partial charge in [-0.1, -0.05) is 79.0 Å². The molecule has 0 bridgehead atoms. The van der Waals surface area contributed by atoms with E-state index in [0.29, 0.717) is 18.0 Å². The molecule has 2 aromatic rings. The van der Waals surface area contributed by atoms with E-state index < -0.39 is 0 Å². The molecule has 0 aliphatic heterocycles. The summed E-state index contributed by atoms with van der Waals surface area (Å²) in [6.07, 6.45) is 5.20. The molecule has 28 heavy (non-hydrogen) atoms. The molecule has 0 aromatic heterocycles. The Hall–Kier alpha value is -0.580. The third-order valence-corrected chi connectivity index (χ3v) is 5.99. The lowest BCUT2D eigenvalue weighted by molar-refractivity contribution is 0.281. The fourth-order valence-electron chi connectivity index (χ4n) is 3.74. The SMILES string of the molecule is CC(C)c1ccc(CNC2CCCCC2NCc2ccc(Br)cc2)cc1.Cl.Cl. The van der Waals surface area contributed by atoms with Crippen LogP contribution in [-0.4, -0.2) is 12.1 Å². The van der Waals surface area contributed by atoms with Crippen molar-refractivity contribution in [2.45, 2.75) is 70.6 Å². The largest absolute Gasteiger partial charge is 0.308 e. The van der Waals surface area contributed by atoms with Crippen LogP contribution in [0.25, 0.3) is 0 Å². The van der Waals surface area contributed by atoms with Crippen LogP contribution in [0.15, 0.2) is 53.0 Å². The van der Waals surface area contributed by atoms with E-state index in [9.17, 15) is 0 Å². The molecule has 0 amide bonds. The fourth-order valence-corrected chi connectivity index (χ4v) is 4.00. The van der Waals surface area contributed by atoms with E-state index in [2.05, 4.69) is 88.9 Å². The summed E-state index contributed by atoms with van der Waals surface area (Å²) in [4.78, 5) is 0. The van der Waals surface area contributed by atoms with E-state index in [-0.39, 0.29) is 24.8 Å². The fraction of sp³-hybridized carbons (Fsp3) is 0.478. The Morgan fingerprint density at radius 3 is 1.64 bits per heavy atom. The van der Waals surface area contributed by atoms with Crippen molar-refractivity contribution in [3.8, 4) is 0 Å². The molecule has 0 heterocycles. The van der Waals surface area contributed by atoms with E-state index in [1.165, 1.54) is 42.4 Å². The normalized spacial score (nSPS) is 19.0. The van der Waals surface area contributed by atoms with E-state index in [4.69, 9.17) is 0 Å². The van der Waals surface area contributed by atoms with Crippen LogP contribution in [-0.2, 0) is 13.1 Å². The summed E-state index contributed by atoms with van der Waals surface area (Å²) >= 11 is 3.51. The molecule has 1 saturated carbocycles. The molecular formula is C23H33BrCl2N2. The number of hydrogen-bond acceptors (Lipinski definition) is 2. The van der Waals surface area contributed by atoms with Crippen LogP contribution >= 0.6 is 40.7 Å². The second-order valence-electron chi connectivity index (χ2n) is 7.78. The maximum Gasteiger partial charge on any atom is 0.0224 e. The van der Waals surface area contributed by atoms with Crippen molar-refractivity contribution in [2.75, 3.05) is 0 Å². The number of hydrogen-bond donors (Lipinski definition) is 2. The second kappa shape index (κ2) is 12.9. The number of benzene rings is 2. The summed E-state index contributed by atoms with van der Waals surface area (Å²) in [6, 6.07) is 18.8. The zero-order valence-electron chi connectivity index (χ0n) is 16.8. The highest BCUT2D eigenvalue weighted by molar-refractivity contribution is 9.10. The number of nitrogens with one attached hydrogen (secondary N) is 2. The van der Waals surface area contributed by atoms with E-state index in [0.717, 1.165) is 17.6 Å². The van der Waals surface area contributed by atoms with E-state index in [1.807, 2.05) is 0 Å². The monoisotopic (exact) mass is 486 g/mol. The Bertz CT molecular complexity index is 674. The third kappa shape index (κ3) is 7.68. The van der Waals surface area contributed by atoms with Gasteiger partial charge in [-0.25, -0.2) is 0 Å². The Morgan fingerprint density at radius 2 is 1.21 bits per heavy atom. The summed E-state index contributed by atoms with van der Waals surface area (Å²) in [5.74, 6) is 0.600. The quantitative estimate of drug-likeness (QED) is 0.459. The Labute approximate surface area is 191 Å². The molecule has 5 heteroatoms. The van der Waals surface area contributed by atoms with Gasteiger partial charge < -0.3 is 10.6 Å². The van der Waals surface area contributed by atoms with Crippen molar-refractivity contribution >= 4 is 40.7 Å². The lowest BCUT2D eigenvalue weighted by Gasteiger charge is -2.33. The maximum absolute atomic E-state index is 3.81. The minimum Gasteiger partial charge on any atom is -0.308 e. The van der Waals surface area contributed by atoms with Gasteiger partial charge in [0.05, 0.1) is 0 Å². The molecule has 2 atom stereocenters. The molecule has 156 valence electrons. The standard InChI is InChI=1S/C23H31BrN2.2ClH/c1-17(2)20-11-7-18(8-12-20)15-25-22-5-3-4-6-23(22)26-16-19-9-13-21(24)14-10-19;;/h7-14,17,22-23,25-26H,3-6,15-16H2,1-2H3;2*1H. The van der Waals surface area contributed by atoms with Crippen molar-refractivity contribution in [3.05, 3.63) is 69.7 Å². The van der Waals surface area contributed by atoms with Crippen LogP contribution in [0.5, 0.6) is 0 Å². The number of rotatable bonds is 7. The minimum atomic E-state index is 0. The molecule has 1 aliphatic carbocycles. The molecule has 0 saturated heterocycles. The molecule has 0 spiro atoms. The average Bonchev–Trinajstić information content (AvgIpc) is 2.67. The Morgan fingerprint density at radius 1 is 0.786 bits per heavy atom. The molecule has 2 nitrogen and oxygen atoms in total. The zero-order valence-corrected chi connectivity index (χ0v) is 20.0. The second-order valence-corrected chi connectivity index (χ2v) is 8.70. The van der Waals surface area contributed by atoms with Crippen LogP contribution in [0.1, 0.15) is 62.1 Å². The number of halogens is 3. The summed E-state index contributed by atoms with van der Waals surface area (Å²) in [5.41, 5.74) is 4.15. The molecular weight excluding hydrogens is 455 g/mol. The van der Waals surface area contributed by atoms with Gasteiger partial charge in [0.1, 0.15) is 0 Å². The lowest BCUT2D eigenvalue weighted by Crippen LogP contribution is -2.49. The first-order chi connectivity index (χ1) is 12.6. The van der Waals surface area contributed by atoms with Crippen LogP contribution in [0, 0.1) is 0 Å². The van der Waals surface area contributed by atoms with Crippen LogP contribution in [0.3, 0.4) is 0 Å². The maximum atomic E-state index is 3.81. The van der Waals surface area contributed by atoms with Crippen molar-refractivity contribution < 1.29 is 0 Å². The van der Waals surface area contributed by atoms with Crippen molar-refractivity contribution in [1.29, 1.82) is 0 Å². The predicted octanol–water partition coefficient (Wildman–Crippen LogP) is 6.61. The molecule has 2 aromatic carbocycles. The first-order valence-electron chi connectivity index (χ1n) is 9.92. The van der Waals surface area contributed by atoms with Gasteiger partial charge in [-0.15, -0.1) is 24.8 Å². The summed E-state index contributed by atoms with van der Waals surface area (Å²) < 4.78 is 1.14. The topological polar surface area (TPSA) is 24.1 Å². The van der Waals surface area contributed by atoms with Gasteiger partial charge in [0.15, 0.2) is 0 Å². The van der Waals surface area contributed by atoms with Crippen molar-refractivity contribution in [1.82, 2.24) is 10.6 Å². The van der Waals surface area contributed by atoms with Crippen molar-refractivity contribution in [3.63, 3.8) is 0 Å². The van der Waals surface area contributed by atoms with Gasteiger partial charge in [0.2, 0.25) is 0 Å². The van der Waals surface area contributed by atoms with Gasteiger partial charge in [0.25, 0.3) is 0 Å². The highest BCUT2D eigenvalue weighted by Crippen LogP contribution is 2.20. The summed E-state index contributed by atoms with van der Waals surface area (Å²) in [7, 11) is 0. The first kappa shape index (κ1) is 25.5. The van der Waals surface area contributed by atoms with E-state index >= 15 is 0 Å². The smallest absolute Gasteiger partial charge is 0.0224 e. The third-order valence-electron chi connectivity index (χ3n) is 5.46. The van der Waals surface area contributed by atoms with Gasteiger partial charge in [-0.05, 0) is 47.6 Å². The van der Waals surface area contributed by atoms with Crippen LogP contribution in [0.4, 0.5) is 0 Å². The molecule has 3 rings (SSSR count). The van der Waals surface area contributed by atoms with Crippen molar-refractivity contribution in [2.24, 2.45) is 0 Å². The van der Waals surface area contributed by atoms with Gasteiger partial charge >= 0.3 is 0 Å². The van der Waals surface area contributed by atoms with Gasteiger partial charge in [0, 0.05) is 29.6 Å². The molecule has 1 aliphatic rings. The highest BCUT2D eigenvalue weighted by atomic mass is 79.9. The molecule has 2 unspecified atom stereocenters. The summed E-state index contributed by atoms with van der Waals surface area (Å²) in [6.45, 7) is 6.40. The Kier molecular flexibility index (Phi) is 11.7. The molecule has 1 fully saturated rings. The van der Waals surface area contributed by atoms with Gasteiger partial charge in [-0.2, -0.15) is 0 Å². The zero-order chi connectivity index (χ0) is 18.4. The van der Waals surface area contributed by atoms with Crippen LogP contribution in [0.2, 0.25) is 0 Å². The molecule has 2 N–H and O–H groups in total. The lowest BCUT2D eigenvalue weighted by atomic mass is 9.90.